The van der Waals surface area contributed by atoms with E-state index in [1.807, 2.05) is 30.3 Å². The zero-order valence-electron chi connectivity index (χ0n) is 13.1. The Labute approximate surface area is 134 Å². The van der Waals surface area contributed by atoms with Gasteiger partial charge in [-0.3, -0.25) is 9.59 Å². The summed E-state index contributed by atoms with van der Waals surface area (Å²) in [6.07, 6.45) is 2.18. The van der Waals surface area contributed by atoms with E-state index in [1.54, 1.807) is 13.0 Å². The fraction of sp³-hybridized carbons (Fsp3) is 0.353. The Hall–Kier alpha value is -2.63. The molecule has 2 rings (SSSR count). The molecule has 1 aromatic carbocycles. The third-order valence-corrected chi connectivity index (χ3v) is 3.72. The van der Waals surface area contributed by atoms with Crippen molar-refractivity contribution in [1.82, 2.24) is 5.32 Å². The maximum atomic E-state index is 12.6. The molecule has 122 valence electrons. The Morgan fingerprint density at radius 3 is 2.61 bits per heavy atom. The average molecular weight is 317 g/mol. The first-order chi connectivity index (χ1) is 11.0. The lowest BCUT2D eigenvalue weighted by Crippen LogP contribution is -2.53. The number of hydrogen-bond donors (Lipinski definition) is 1. The molecule has 0 aliphatic carbocycles. The third-order valence-electron chi connectivity index (χ3n) is 3.72. The van der Waals surface area contributed by atoms with Crippen LogP contribution in [0.1, 0.15) is 18.9 Å². The van der Waals surface area contributed by atoms with Gasteiger partial charge in [0.2, 0.25) is 0 Å². The maximum absolute atomic E-state index is 12.6. The van der Waals surface area contributed by atoms with E-state index in [4.69, 9.17) is 4.74 Å². The third kappa shape index (κ3) is 3.97. The largest absolute Gasteiger partial charge is 0.468 e. The van der Waals surface area contributed by atoms with Crippen LogP contribution in [0.4, 0.5) is 0 Å². The van der Waals surface area contributed by atoms with E-state index < -0.39 is 23.4 Å². The fourth-order valence-electron chi connectivity index (χ4n) is 2.34. The van der Waals surface area contributed by atoms with Crippen molar-refractivity contribution in [2.45, 2.75) is 25.4 Å². The molecule has 23 heavy (non-hydrogen) atoms. The second-order valence-electron chi connectivity index (χ2n) is 5.40. The number of carbonyl (C=O) groups is 3. The number of amides is 1. The zero-order valence-corrected chi connectivity index (χ0v) is 13.1. The molecule has 0 fully saturated rings. The Kier molecular flexibility index (Phi) is 5.16. The minimum Gasteiger partial charge on any atom is -0.468 e. The van der Waals surface area contributed by atoms with Gasteiger partial charge in [-0.05, 0) is 12.5 Å². The first kappa shape index (κ1) is 16.7. The standard InChI is InChI=1S/C17H19NO5/c1-12-8-9-17(23-15(12)20,10-13-6-4-3-5-7-13)16(21)18-11-14(19)22-2/h3-8H,9-11H2,1-2H3,(H,18,21). The smallest absolute Gasteiger partial charge is 0.334 e. The van der Waals surface area contributed by atoms with Crippen LogP contribution in [0, 0.1) is 0 Å². The molecule has 0 spiro atoms. The number of ether oxygens (including phenoxy) is 2. The number of esters is 2. The molecule has 1 heterocycles. The summed E-state index contributed by atoms with van der Waals surface area (Å²) in [6, 6.07) is 9.27. The first-order valence-corrected chi connectivity index (χ1v) is 7.26. The zero-order chi connectivity index (χ0) is 16.9. The van der Waals surface area contributed by atoms with E-state index in [9.17, 15) is 14.4 Å². The highest BCUT2D eigenvalue weighted by Crippen LogP contribution is 2.29. The van der Waals surface area contributed by atoms with E-state index in [-0.39, 0.29) is 19.4 Å². The van der Waals surface area contributed by atoms with Crippen LogP contribution in [0.25, 0.3) is 0 Å². The molecule has 0 bridgehead atoms. The minimum absolute atomic E-state index is 0.233. The molecule has 6 heteroatoms. The van der Waals surface area contributed by atoms with Crippen LogP contribution in [0.2, 0.25) is 0 Å². The molecule has 1 aromatic rings. The van der Waals surface area contributed by atoms with Gasteiger partial charge in [0.05, 0.1) is 7.11 Å². The van der Waals surface area contributed by atoms with Gasteiger partial charge in [-0.1, -0.05) is 36.4 Å². The minimum atomic E-state index is -1.36. The topological polar surface area (TPSA) is 81.7 Å². The Balaban J connectivity index is 2.23. The van der Waals surface area contributed by atoms with Gasteiger partial charge in [-0.15, -0.1) is 0 Å². The SMILES string of the molecule is COC(=O)CNC(=O)C1(Cc2ccccc2)CC=C(C)C(=O)O1. The van der Waals surface area contributed by atoms with Crippen molar-refractivity contribution in [3.05, 3.63) is 47.5 Å². The van der Waals surface area contributed by atoms with Crippen molar-refractivity contribution < 1.29 is 23.9 Å². The van der Waals surface area contributed by atoms with Gasteiger partial charge in [0.25, 0.3) is 5.91 Å². The normalized spacial score (nSPS) is 20.3. The molecule has 0 aromatic heterocycles. The second-order valence-corrected chi connectivity index (χ2v) is 5.40. The Morgan fingerprint density at radius 2 is 2.00 bits per heavy atom. The van der Waals surface area contributed by atoms with Crippen molar-refractivity contribution in [1.29, 1.82) is 0 Å². The number of cyclic esters (lactones) is 1. The molecular weight excluding hydrogens is 298 g/mol. The van der Waals surface area contributed by atoms with Crippen LogP contribution >= 0.6 is 0 Å². The summed E-state index contributed by atoms with van der Waals surface area (Å²) in [5.74, 6) is -1.61. The Bertz CT molecular complexity index is 638. The first-order valence-electron chi connectivity index (χ1n) is 7.26. The van der Waals surface area contributed by atoms with Gasteiger partial charge in [0.15, 0.2) is 5.60 Å². The van der Waals surface area contributed by atoms with Gasteiger partial charge < -0.3 is 14.8 Å². The van der Waals surface area contributed by atoms with Crippen LogP contribution in [0.3, 0.4) is 0 Å². The molecule has 1 amide bonds. The number of rotatable bonds is 5. The highest BCUT2D eigenvalue weighted by molar-refractivity contribution is 5.96. The number of hydrogen-bond acceptors (Lipinski definition) is 5. The molecule has 6 nitrogen and oxygen atoms in total. The molecule has 0 saturated carbocycles. The molecule has 1 unspecified atom stereocenters. The summed E-state index contributed by atoms with van der Waals surface area (Å²) in [5, 5.41) is 2.48. The lowest BCUT2D eigenvalue weighted by Gasteiger charge is -2.34. The van der Waals surface area contributed by atoms with Crippen LogP contribution in [0.15, 0.2) is 42.0 Å². The van der Waals surface area contributed by atoms with Crippen LogP contribution in [-0.2, 0) is 30.3 Å². The molecular formula is C17H19NO5. The number of carbonyl (C=O) groups excluding carboxylic acids is 3. The van der Waals surface area contributed by atoms with Crippen LogP contribution < -0.4 is 5.32 Å². The highest BCUT2D eigenvalue weighted by Gasteiger charge is 2.44. The predicted molar refractivity (Wildman–Crippen MR) is 82.4 cm³/mol. The quantitative estimate of drug-likeness (QED) is 0.824. The molecule has 0 saturated heterocycles. The average Bonchev–Trinajstić information content (AvgIpc) is 2.56. The predicted octanol–water partition coefficient (Wildman–Crippen LogP) is 1.15. The summed E-state index contributed by atoms with van der Waals surface area (Å²) in [6.45, 7) is 1.37. The molecule has 0 radical (unpaired) electrons. The van der Waals surface area contributed by atoms with Gasteiger partial charge in [-0.25, -0.2) is 4.79 Å². The molecule has 1 N–H and O–H groups in total. The van der Waals surface area contributed by atoms with Crippen molar-refractivity contribution in [3.8, 4) is 0 Å². The van der Waals surface area contributed by atoms with Crippen molar-refractivity contribution in [2.24, 2.45) is 0 Å². The van der Waals surface area contributed by atoms with E-state index in [0.29, 0.717) is 5.57 Å². The second kappa shape index (κ2) is 7.09. The van der Waals surface area contributed by atoms with E-state index >= 15 is 0 Å². The van der Waals surface area contributed by atoms with Crippen LogP contribution in [-0.4, -0.2) is 37.1 Å². The lowest BCUT2D eigenvalue weighted by atomic mass is 9.87. The summed E-state index contributed by atoms with van der Waals surface area (Å²) >= 11 is 0. The van der Waals surface area contributed by atoms with Crippen molar-refractivity contribution in [3.63, 3.8) is 0 Å². The van der Waals surface area contributed by atoms with Crippen molar-refractivity contribution >= 4 is 17.8 Å². The van der Waals surface area contributed by atoms with Gasteiger partial charge in [0.1, 0.15) is 6.54 Å². The summed E-state index contributed by atoms with van der Waals surface area (Å²) in [7, 11) is 1.24. The van der Waals surface area contributed by atoms with E-state index in [2.05, 4.69) is 10.1 Å². The number of nitrogens with one attached hydrogen (secondary N) is 1. The summed E-state index contributed by atoms with van der Waals surface area (Å²) in [4.78, 5) is 35.7. The Morgan fingerprint density at radius 1 is 1.30 bits per heavy atom. The summed E-state index contributed by atoms with van der Waals surface area (Å²) < 4.78 is 9.95. The molecule has 1 aliphatic rings. The molecule has 1 atom stereocenters. The van der Waals surface area contributed by atoms with Gasteiger partial charge in [-0.2, -0.15) is 0 Å². The fourth-order valence-corrected chi connectivity index (χ4v) is 2.34. The number of benzene rings is 1. The summed E-state index contributed by atoms with van der Waals surface area (Å²) in [5.41, 5.74) is -0.0256. The molecule has 1 aliphatic heterocycles. The number of methoxy groups -OCH3 is 1. The lowest BCUT2D eigenvalue weighted by molar-refractivity contribution is -0.167. The van der Waals surface area contributed by atoms with Gasteiger partial charge >= 0.3 is 11.9 Å². The van der Waals surface area contributed by atoms with Crippen molar-refractivity contribution in [2.75, 3.05) is 13.7 Å². The van der Waals surface area contributed by atoms with E-state index in [1.165, 1.54) is 7.11 Å². The highest BCUT2D eigenvalue weighted by atomic mass is 16.6. The monoisotopic (exact) mass is 317 g/mol. The maximum Gasteiger partial charge on any atom is 0.334 e. The van der Waals surface area contributed by atoms with Gasteiger partial charge in [0, 0.05) is 18.4 Å². The van der Waals surface area contributed by atoms with E-state index in [0.717, 1.165) is 5.56 Å². The van der Waals surface area contributed by atoms with Crippen LogP contribution in [0.5, 0.6) is 0 Å².